The minimum atomic E-state index is -4.51. The highest BCUT2D eigenvalue weighted by atomic mass is 127. The highest BCUT2D eigenvalue weighted by molar-refractivity contribution is 14.1. The number of hydrogen-bond acceptors (Lipinski definition) is 1. The van der Waals surface area contributed by atoms with Crippen LogP contribution in [0.2, 0.25) is 5.02 Å². The van der Waals surface area contributed by atoms with E-state index in [-0.39, 0.29) is 10.7 Å². The fourth-order valence-electron chi connectivity index (χ4n) is 1.62. The summed E-state index contributed by atoms with van der Waals surface area (Å²) in [7, 11) is 1.52. The molecular formula is C11H7ClF3IN2O. The molecule has 1 heterocycles. The van der Waals surface area contributed by atoms with E-state index in [4.69, 9.17) is 11.6 Å². The molecule has 2 rings (SSSR count). The number of imidazole rings is 1. The molecule has 0 fully saturated rings. The van der Waals surface area contributed by atoms with E-state index in [1.54, 1.807) is 0 Å². The van der Waals surface area contributed by atoms with Crippen LogP contribution in [0.1, 0.15) is 5.56 Å². The second-order valence-corrected chi connectivity index (χ2v) is 5.42. The third kappa shape index (κ3) is 2.81. The minimum Gasteiger partial charge on any atom is -0.301 e. The first-order valence-corrected chi connectivity index (χ1v) is 6.48. The van der Waals surface area contributed by atoms with Gasteiger partial charge in [-0.15, -0.1) is 0 Å². The Morgan fingerprint density at radius 2 is 1.89 bits per heavy atom. The number of aryl methyl sites for hydroxylation is 1. The molecule has 0 atom stereocenters. The van der Waals surface area contributed by atoms with E-state index in [2.05, 4.69) is 0 Å². The van der Waals surface area contributed by atoms with Gasteiger partial charge in [-0.3, -0.25) is 4.57 Å². The molecule has 0 N–H and O–H groups in total. The van der Waals surface area contributed by atoms with Crippen molar-refractivity contribution in [3.05, 3.63) is 49.2 Å². The Bertz CT molecular complexity index is 690. The number of rotatable bonds is 1. The molecule has 0 saturated heterocycles. The molecule has 8 heteroatoms. The van der Waals surface area contributed by atoms with Crippen molar-refractivity contribution in [1.29, 1.82) is 0 Å². The number of hydrogen-bond donors (Lipinski definition) is 0. The maximum absolute atomic E-state index is 12.7. The topological polar surface area (TPSA) is 26.9 Å². The first-order chi connectivity index (χ1) is 8.70. The molecule has 0 aliphatic carbocycles. The van der Waals surface area contributed by atoms with Crippen molar-refractivity contribution < 1.29 is 13.2 Å². The van der Waals surface area contributed by atoms with Crippen molar-refractivity contribution in [2.45, 2.75) is 6.18 Å². The molecule has 0 amide bonds. The summed E-state index contributed by atoms with van der Waals surface area (Å²) in [6.45, 7) is 0. The van der Waals surface area contributed by atoms with Crippen molar-refractivity contribution in [3.8, 4) is 5.69 Å². The molecular weight excluding hydrogens is 395 g/mol. The number of alkyl halides is 3. The number of nitrogens with zero attached hydrogens (tertiary/aromatic N) is 2. The average molecular weight is 403 g/mol. The number of aromatic nitrogens is 2. The quantitative estimate of drug-likeness (QED) is 0.671. The normalized spacial score (nSPS) is 11.9. The van der Waals surface area contributed by atoms with Gasteiger partial charge in [-0.05, 0) is 40.8 Å². The van der Waals surface area contributed by atoms with Gasteiger partial charge in [-0.25, -0.2) is 4.79 Å². The second-order valence-electron chi connectivity index (χ2n) is 3.88. The van der Waals surface area contributed by atoms with Crippen molar-refractivity contribution in [1.82, 2.24) is 9.13 Å². The molecule has 0 aliphatic rings. The van der Waals surface area contributed by atoms with Crippen molar-refractivity contribution in [2.24, 2.45) is 7.05 Å². The fraction of sp³-hybridized carbons (Fsp3) is 0.182. The van der Waals surface area contributed by atoms with Crippen molar-refractivity contribution in [3.63, 3.8) is 0 Å². The van der Waals surface area contributed by atoms with Crippen LogP contribution in [0.3, 0.4) is 0 Å². The van der Waals surface area contributed by atoms with Crippen LogP contribution in [0.15, 0.2) is 29.2 Å². The first-order valence-electron chi connectivity index (χ1n) is 5.02. The Balaban J connectivity index is 2.70. The van der Waals surface area contributed by atoms with E-state index in [1.807, 2.05) is 22.6 Å². The van der Waals surface area contributed by atoms with Gasteiger partial charge in [0, 0.05) is 18.3 Å². The van der Waals surface area contributed by atoms with Crippen LogP contribution in [-0.4, -0.2) is 9.13 Å². The van der Waals surface area contributed by atoms with Crippen molar-refractivity contribution in [2.75, 3.05) is 0 Å². The Labute approximate surface area is 124 Å². The zero-order valence-corrected chi connectivity index (χ0v) is 12.4. The van der Waals surface area contributed by atoms with Crippen LogP contribution in [0.25, 0.3) is 5.69 Å². The van der Waals surface area contributed by atoms with Crippen LogP contribution in [-0.2, 0) is 13.2 Å². The van der Waals surface area contributed by atoms with Gasteiger partial charge in [-0.2, -0.15) is 13.2 Å². The molecule has 0 radical (unpaired) electrons. The molecule has 0 saturated carbocycles. The molecule has 0 bridgehead atoms. The lowest BCUT2D eigenvalue weighted by Crippen LogP contribution is -2.21. The van der Waals surface area contributed by atoms with E-state index in [0.717, 1.165) is 12.1 Å². The lowest BCUT2D eigenvalue weighted by atomic mass is 10.2. The average Bonchev–Trinajstić information content (AvgIpc) is 2.51. The predicted molar refractivity (Wildman–Crippen MR) is 73.7 cm³/mol. The molecule has 0 spiro atoms. The molecule has 1 aromatic carbocycles. The summed E-state index contributed by atoms with van der Waals surface area (Å²) >= 11 is 7.57. The standard InChI is InChI=1S/C11H7ClF3IN2O/c1-17-5-9(16)18(10(17)19)8-3-6(11(13,14)15)2-7(12)4-8/h2-5H,1H3. The van der Waals surface area contributed by atoms with Gasteiger partial charge < -0.3 is 4.57 Å². The minimum absolute atomic E-state index is 0.0728. The maximum Gasteiger partial charge on any atom is 0.416 e. The Hall–Kier alpha value is -0.960. The van der Waals surface area contributed by atoms with Crippen LogP contribution >= 0.6 is 34.2 Å². The summed E-state index contributed by atoms with van der Waals surface area (Å²) in [4.78, 5) is 11.9. The maximum atomic E-state index is 12.7. The van der Waals surface area contributed by atoms with Gasteiger partial charge in [0.25, 0.3) is 0 Å². The van der Waals surface area contributed by atoms with Crippen LogP contribution in [0.4, 0.5) is 13.2 Å². The third-order valence-electron chi connectivity index (χ3n) is 2.47. The molecule has 1 aromatic heterocycles. The highest BCUT2D eigenvalue weighted by Crippen LogP contribution is 2.32. The van der Waals surface area contributed by atoms with Gasteiger partial charge in [0.05, 0.1) is 11.3 Å². The molecule has 0 aliphatic heterocycles. The van der Waals surface area contributed by atoms with Crippen molar-refractivity contribution >= 4 is 34.2 Å². The molecule has 102 valence electrons. The Kier molecular flexibility index (Phi) is 3.69. The molecule has 2 aromatic rings. The molecule has 19 heavy (non-hydrogen) atoms. The summed E-state index contributed by atoms with van der Waals surface area (Å²) in [5, 5.41) is -0.0728. The van der Waals surface area contributed by atoms with Gasteiger partial charge >= 0.3 is 11.9 Å². The van der Waals surface area contributed by atoms with E-state index >= 15 is 0 Å². The fourth-order valence-corrected chi connectivity index (χ4v) is 2.75. The lowest BCUT2D eigenvalue weighted by Gasteiger charge is -2.10. The summed E-state index contributed by atoms with van der Waals surface area (Å²) in [5.74, 6) is 0. The molecule has 0 unspecified atom stereocenters. The second kappa shape index (κ2) is 4.86. The highest BCUT2D eigenvalue weighted by Gasteiger charge is 2.31. The zero-order valence-electron chi connectivity index (χ0n) is 9.50. The molecule has 3 nitrogen and oxygen atoms in total. The summed E-state index contributed by atoms with van der Waals surface area (Å²) < 4.78 is 41.1. The van der Waals surface area contributed by atoms with E-state index in [0.29, 0.717) is 3.70 Å². The van der Waals surface area contributed by atoms with Gasteiger partial charge in [0.15, 0.2) is 0 Å². The van der Waals surface area contributed by atoms with Crippen LogP contribution in [0.5, 0.6) is 0 Å². The first kappa shape index (κ1) is 14.4. The lowest BCUT2D eigenvalue weighted by molar-refractivity contribution is -0.137. The largest absolute Gasteiger partial charge is 0.416 e. The smallest absolute Gasteiger partial charge is 0.301 e. The third-order valence-corrected chi connectivity index (χ3v) is 3.45. The Morgan fingerprint density at radius 1 is 1.26 bits per heavy atom. The van der Waals surface area contributed by atoms with Gasteiger partial charge in [-0.1, -0.05) is 11.6 Å². The monoisotopic (exact) mass is 402 g/mol. The summed E-state index contributed by atoms with van der Waals surface area (Å²) in [6, 6.07) is 3.04. The van der Waals surface area contributed by atoms with Crippen LogP contribution in [0, 0.1) is 3.70 Å². The van der Waals surface area contributed by atoms with E-state index < -0.39 is 17.4 Å². The summed E-state index contributed by atoms with van der Waals surface area (Å²) in [5.41, 5.74) is -1.23. The SMILES string of the molecule is Cn1cc(I)n(-c2cc(Cl)cc(C(F)(F)F)c2)c1=O. The number of benzene rings is 1. The van der Waals surface area contributed by atoms with Gasteiger partial charge in [0.2, 0.25) is 0 Å². The van der Waals surface area contributed by atoms with Crippen LogP contribution < -0.4 is 5.69 Å². The van der Waals surface area contributed by atoms with E-state index in [9.17, 15) is 18.0 Å². The zero-order chi connectivity index (χ0) is 14.4. The summed E-state index contributed by atoms with van der Waals surface area (Å²) in [6.07, 6.45) is -2.99. The number of halogens is 5. The Morgan fingerprint density at radius 3 is 2.37 bits per heavy atom. The predicted octanol–water partition coefficient (Wildman–Crippen LogP) is 3.45. The van der Waals surface area contributed by atoms with E-state index in [1.165, 1.54) is 28.4 Å². The van der Waals surface area contributed by atoms with Gasteiger partial charge in [0.1, 0.15) is 3.70 Å².